The Morgan fingerprint density at radius 3 is 2.41 bits per heavy atom. The van der Waals surface area contributed by atoms with Gasteiger partial charge in [-0.05, 0) is 42.7 Å². The van der Waals surface area contributed by atoms with E-state index in [1.165, 1.54) is 12.7 Å². The molecule has 0 aromatic heterocycles. The average molecular weight is 305 g/mol. The van der Waals surface area contributed by atoms with Crippen molar-refractivity contribution >= 4 is 11.7 Å². The Bertz CT molecular complexity index is 478. The van der Waals surface area contributed by atoms with E-state index in [0.717, 1.165) is 43.4 Å². The predicted octanol–water partition coefficient (Wildman–Crippen LogP) is 4.19. The Morgan fingerprint density at radius 2 is 1.86 bits per heavy atom. The van der Waals surface area contributed by atoms with E-state index >= 15 is 0 Å². The molecule has 4 nitrogen and oxygen atoms in total. The van der Waals surface area contributed by atoms with Gasteiger partial charge in [0.1, 0.15) is 0 Å². The lowest BCUT2D eigenvalue weighted by molar-refractivity contribution is -0.140. The average Bonchev–Trinajstić information content (AvgIpc) is 2.52. The van der Waals surface area contributed by atoms with Crippen molar-refractivity contribution in [1.82, 2.24) is 0 Å². The number of hydrogen-bond donors (Lipinski definition) is 1. The molecule has 0 aliphatic carbocycles. The third-order valence-electron chi connectivity index (χ3n) is 3.68. The first-order valence-corrected chi connectivity index (χ1v) is 7.94. The van der Waals surface area contributed by atoms with Crippen LogP contribution < -0.4 is 0 Å². The van der Waals surface area contributed by atoms with Gasteiger partial charge in [-0.25, -0.2) is 0 Å². The molecule has 0 atom stereocenters. The number of oxime groups is 1. The van der Waals surface area contributed by atoms with Gasteiger partial charge in [-0.1, -0.05) is 49.7 Å². The van der Waals surface area contributed by atoms with Crippen LogP contribution in [0.1, 0.15) is 57.1 Å². The Labute approximate surface area is 133 Å². The molecular formula is C18H27NO3. The number of ether oxygens (including phenoxy) is 1. The van der Waals surface area contributed by atoms with Crippen molar-refractivity contribution in [3.63, 3.8) is 0 Å². The first kappa shape index (κ1) is 18.2. The van der Waals surface area contributed by atoms with Gasteiger partial charge in [0.15, 0.2) is 0 Å². The van der Waals surface area contributed by atoms with Crippen molar-refractivity contribution in [3.05, 3.63) is 35.4 Å². The van der Waals surface area contributed by atoms with Crippen molar-refractivity contribution in [2.75, 3.05) is 7.11 Å². The molecule has 122 valence electrons. The highest BCUT2D eigenvalue weighted by Gasteiger charge is 2.06. The smallest absolute Gasteiger partial charge is 0.305 e. The molecule has 0 aliphatic heterocycles. The fourth-order valence-electron chi connectivity index (χ4n) is 2.33. The number of carbonyl (C=O) groups excluding carboxylic acids is 1. The molecule has 4 heteroatoms. The van der Waals surface area contributed by atoms with E-state index in [4.69, 9.17) is 0 Å². The second-order valence-corrected chi connectivity index (χ2v) is 5.96. The lowest BCUT2D eigenvalue weighted by Crippen LogP contribution is -2.03. The van der Waals surface area contributed by atoms with Gasteiger partial charge in [-0.2, -0.15) is 0 Å². The van der Waals surface area contributed by atoms with Crippen LogP contribution in [0.15, 0.2) is 29.4 Å². The minimum absolute atomic E-state index is 0.170. The highest BCUT2D eigenvalue weighted by molar-refractivity contribution is 6.00. The zero-order valence-electron chi connectivity index (χ0n) is 13.8. The van der Waals surface area contributed by atoms with Crippen LogP contribution in [-0.2, 0) is 16.0 Å². The normalized spacial score (nSPS) is 11.7. The van der Waals surface area contributed by atoms with Crippen LogP contribution in [-0.4, -0.2) is 24.0 Å². The van der Waals surface area contributed by atoms with Crippen molar-refractivity contribution in [2.24, 2.45) is 11.1 Å². The zero-order chi connectivity index (χ0) is 16.4. The Morgan fingerprint density at radius 1 is 1.18 bits per heavy atom. The molecule has 1 aromatic rings. The van der Waals surface area contributed by atoms with E-state index in [1.54, 1.807) is 0 Å². The van der Waals surface area contributed by atoms with Gasteiger partial charge in [-0.3, -0.25) is 4.79 Å². The predicted molar refractivity (Wildman–Crippen MR) is 88.4 cm³/mol. The quantitative estimate of drug-likeness (QED) is 0.322. The molecule has 1 N–H and O–H groups in total. The molecule has 22 heavy (non-hydrogen) atoms. The molecule has 0 heterocycles. The molecule has 0 radical (unpaired) electrons. The van der Waals surface area contributed by atoms with Crippen LogP contribution in [0, 0.1) is 5.92 Å². The fourth-order valence-corrected chi connectivity index (χ4v) is 2.33. The van der Waals surface area contributed by atoms with Gasteiger partial charge < -0.3 is 9.94 Å². The van der Waals surface area contributed by atoms with Crippen LogP contribution in [0.2, 0.25) is 0 Å². The second kappa shape index (κ2) is 9.98. The molecule has 0 amide bonds. The van der Waals surface area contributed by atoms with Crippen molar-refractivity contribution in [1.29, 1.82) is 0 Å². The number of methoxy groups -OCH3 is 1. The van der Waals surface area contributed by atoms with E-state index in [0.29, 0.717) is 12.3 Å². The van der Waals surface area contributed by atoms with Crippen LogP contribution in [0.5, 0.6) is 0 Å². The molecule has 0 aliphatic rings. The minimum Gasteiger partial charge on any atom is -0.469 e. The molecule has 0 fully saturated rings. The summed E-state index contributed by atoms with van der Waals surface area (Å²) in [5.74, 6) is 0.494. The maximum atomic E-state index is 11.1. The van der Waals surface area contributed by atoms with Gasteiger partial charge in [0, 0.05) is 6.42 Å². The Hall–Kier alpha value is -1.84. The lowest BCUT2D eigenvalue weighted by atomic mass is 9.99. The number of nitrogens with zero attached hydrogens (tertiary/aromatic N) is 1. The number of aryl methyl sites for hydroxylation is 1. The van der Waals surface area contributed by atoms with Crippen LogP contribution in [0.25, 0.3) is 0 Å². The molecule has 1 aromatic carbocycles. The first-order valence-electron chi connectivity index (χ1n) is 7.94. The van der Waals surface area contributed by atoms with Crippen molar-refractivity contribution < 1.29 is 14.7 Å². The third kappa shape index (κ3) is 6.74. The largest absolute Gasteiger partial charge is 0.469 e. The maximum absolute atomic E-state index is 11.1. The number of rotatable bonds is 9. The summed E-state index contributed by atoms with van der Waals surface area (Å²) < 4.78 is 4.63. The highest BCUT2D eigenvalue weighted by Crippen LogP contribution is 2.14. The summed E-state index contributed by atoms with van der Waals surface area (Å²) in [6.07, 6.45) is 5.01. The number of benzene rings is 1. The highest BCUT2D eigenvalue weighted by atomic mass is 16.5. The van der Waals surface area contributed by atoms with Crippen molar-refractivity contribution in [3.8, 4) is 0 Å². The van der Waals surface area contributed by atoms with Gasteiger partial charge in [-0.15, -0.1) is 0 Å². The summed E-state index contributed by atoms with van der Waals surface area (Å²) in [5, 5.41) is 12.6. The molecule has 0 unspecified atom stereocenters. The van der Waals surface area contributed by atoms with E-state index < -0.39 is 0 Å². The molecule has 1 rings (SSSR count). The second-order valence-electron chi connectivity index (χ2n) is 5.96. The molecule has 0 spiro atoms. The van der Waals surface area contributed by atoms with Crippen molar-refractivity contribution in [2.45, 2.75) is 52.4 Å². The van der Waals surface area contributed by atoms with Crippen LogP contribution in [0.4, 0.5) is 0 Å². The standard InChI is InChI=1S/C18H27NO3/c1-14(2)6-4-8-17(19-21)16-12-10-15(11-13-16)7-5-9-18(20)22-3/h10-14,21H,4-9H2,1-3H3/b19-17-. The van der Waals surface area contributed by atoms with E-state index in [-0.39, 0.29) is 5.97 Å². The van der Waals surface area contributed by atoms with Gasteiger partial charge in [0.2, 0.25) is 0 Å². The van der Waals surface area contributed by atoms with E-state index in [2.05, 4.69) is 23.7 Å². The minimum atomic E-state index is -0.170. The number of hydrogen-bond acceptors (Lipinski definition) is 4. The SMILES string of the molecule is COC(=O)CCCc1ccc(/C(CCCC(C)C)=N\O)cc1. The van der Waals surface area contributed by atoms with E-state index in [9.17, 15) is 10.0 Å². The Balaban J connectivity index is 2.50. The summed E-state index contributed by atoms with van der Waals surface area (Å²) in [6, 6.07) is 8.02. The molecule has 0 saturated carbocycles. The number of carbonyl (C=O) groups is 1. The van der Waals surface area contributed by atoms with E-state index in [1.807, 2.05) is 24.3 Å². The third-order valence-corrected chi connectivity index (χ3v) is 3.68. The molecule has 0 saturated heterocycles. The molecular weight excluding hydrogens is 278 g/mol. The Kier molecular flexibility index (Phi) is 8.26. The number of esters is 1. The zero-order valence-corrected chi connectivity index (χ0v) is 13.8. The van der Waals surface area contributed by atoms with Gasteiger partial charge in [0.25, 0.3) is 0 Å². The van der Waals surface area contributed by atoms with Gasteiger partial charge >= 0.3 is 5.97 Å². The van der Waals surface area contributed by atoms with Crippen LogP contribution in [0.3, 0.4) is 0 Å². The topological polar surface area (TPSA) is 58.9 Å². The molecule has 0 bridgehead atoms. The summed E-state index contributed by atoms with van der Waals surface area (Å²) in [5.41, 5.74) is 2.87. The first-order chi connectivity index (χ1) is 10.6. The lowest BCUT2D eigenvalue weighted by Gasteiger charge is -2.08. The van der Waals surface area contributed by atoms with Crippen LogP contribution >= 0.6 is 0 Å². The summed E-state index contributed by atoms with van der Waals surface area (Å²) in [7, 11) is 1.41. The monoisotopic (exact) mass is 305 g/mol. The fraction of sp³-hybridized carbons (Fsp3) is 0.556. The maximum Gasteiger partial charge on any atom is 0.305 e. The summed E-state index contributed by atoms with van der Waals surface area (Å²) >= 11 is 0. The summed E-state index contributed by atoms with van der Waals surface area (Å²) in [4.78, 5) is 11.1. The summed E-state index contributed by atoms with van der Waals surface area (Å²) in [6.45, 7) is 4.39. The van der Waals surface area contributed by atoms with Gasteiger partial charge in [0.05, 0.1) is 12.8 Å².